The maximum atomic E-state index is 5.78. The van der Waals surface area contributed by atoms with E-state index in [2.05, 4.69) is 6.92 Å². The zero-order valence-electron chi connectivity index (χ0n) is 8.42. The summed E-state index contributed by atoms with van der Waals surface area (Å²) in [5.74, 6) is 0. The topological polar surface area (TPSA) is 35.2 Å². The molecule has 0 fully saturated rings. The quantitative estimate of drug-likeness (QED) is 0.602. The Morgan fingerprint density at radius 3 is 2.86 bits per heavy atom. The van der Waals surface area contributed by atoms with E-state index in [9.17, 15) is 0 Å². The van der Waals surface area contributed by atoms with Gasteiger partial charge in [-0.15, -0.1) is 0 Å². The van der Waals surface area contributed by atoms with Crippen molar-refractivity contribution in [2.75, 3.05) is 12.3 Å². The normalized spacial score (nSPS) is 10.4. The molecule has 0 amide bonds. The first-order valence-electron chi connectivity index (χ1n) is 4.85. The van der Waals surface area contributed by atoms with Crippen molar-refractivity contribution in [1.29, 1.82) is 0 Å². The molecule has 1 rings (SSSR count). The monoisotopic (exact) mass is 213 g/mol. The number of rotatable bonds is 5. The van der Waals surface area contributed by atoms with Crippen LogP contribution in [0.4, 0.5) is 5.69 Å². The molecule has 0 heterocycles. The SMILES string of the molecule is CCCCOCc1ccc(Cl)cc1N. The van der Waals surface area contributed by atoms with Crippen LogP contribution in [0.2, 0.25) is 5.02 Å². The number of anilines is 1. The first-order chi connectivity index (χ1) is 6.74. The Bertz CT molecular complexity index is 289. The van der Waals surface area contributed by atoms with Gasteiger partial charge in [0.15, 0.2) is 0 Å². The van der Waals surface area contributed by atoms with Crippen LogP contribution in [-0.4, -0.2) is 6.61 Å². The number of unbranched alkanes of at least 4 members (excludes halogenated alkanes) is 1. The van der Waals surface area contributed by atoms with E-state index >= 15 is 0 Å². The molecule has 0 unspecified atom stereocenters. The van der Waals surface area contributed by atoms with Gasteiger partial charge >= 0.3 is 0 Å². The summed E-state index contributed by atoms with van der Waals surface area (Å²) in [5.41, 5.74) is 7.48. The first kappa shape index (κ1) is 11.3. The Hall–Kier alpha value is -0.730. The van der Waals surface area contributed by atoms with Crippen molar-refractivity contribution < 1.29 is 4.74 Å². The molecule has 0 bridgehead atoms. The molecule has 14 heavy (non-hydrogen) atoms. The Morgan fingerprint density at radius 1 is 1.43 bits per heavy atom. The average molecular weight is 214 g/mol. The van der Waals surface area contributed by atoms with Crippen LogP contribution >= 0.6 is 11.6 Å². The molecule has 1 aromatic carbocycles. The first-order valence-corrected chi connectivity index (χ1v) is 5.23. The highest BCUT2D eigenvalue weighted by Gasteiger charge is 1.99. The van der Waals surface area contributed by atoms with Crippen LogP contribution < -0.4 is 5.73 Å². The molecule has 0 spiro atoms. The standard InChI is InChI=1S/C11H16ClNO/c1-2-3-6-14-8-9-4-5-10(12)7-11(9)13/h4-5,7H,2-3,6,8,13H2,1H3. The molecule has 2 N–H and O–H groups in total. The van der Waals surface area contributed by atoms with Gasteiger partial charge in [-0.1, -0.05) is 31.0 Å². The predicted molar refractivity (Wildman–Crippen MR) is 60.4 cm³/mol. The second-order valence-corrected chi connectivity index (χ2v) is 3.69. The van der Waals surface area contributed by atoms with Crippen LogP contribution in [0, 0.1) is 0 Å². The van der Waals surface area contributed by atoms with Crippen molar-refractivity contribution in [2.24, 2.45) is 0 Å². The van der Waals surface area contributed by atoms with Crippen LogP contribution in [0.3, 0.4) is 0 Å². The van der Waals surface area contributed by atoms with Crippen molar-refractivity contribution in [3.63, 3.8) is 0 Å². The van der Waals surface area contributed by atoms with Crippen LogP contribution in [-0.2, 0) is 11.3 Å². The number of benzene rings is 1. The number of hydrogen-bond acceptors (Lipinski definition) is 2. The zero-order valence-corrected chi connectivity index (χ0v) is 9.18. The van der Waals surface area contributed by atoms with Gasteiger partial charge < -0.3 is 10.5 Å². The molecule has 0 atom stereocenters. The Kier molecular flexibility index (Phi) is 4.77. The van der Waals surface area contributed by atoms with Gasteiger partial charge in [-0.25, -0.2) is 0 Å². The van der Waals surface area contributed by atoms with E-state index in [0.29, 0.717) is 17.3 Å². The lowest BCUT2D eigenvalue weighted by molar-refractivity contribution is 0.118. The Balaban J connectivity index is 2.42. The van der Waals surface area contributed by atoms with Gasteiger partial charge in [0.25, 0.3) is 0 Å². The van der Waals surface area contributed by atoms with Crippen LogP contribution in [0.5, 0.6) is 0 Å². The second-order valence-electron chi connectivity index (χ2n) is 3.25. The molecule has 0 aromatic heterocycles. The lowest BCUT2D eigenvalue weighted by atomic mass is 10.2. The highest BCUT2D eigenvalue weighted by Crippen LogP contribution is 2.18. The van der Waals surface area contributed by atoms with Gasteiger partial charge in [-0.05, 0) is 18.6 Å². The molecule has 0 aliphatic heterocycles. The third kappa shape index (κ3) is 3.56. The number of halogens is 1. The minimum Gasteiger partial charge on any atom is -0.398 e. The summed E-state index contributed by atoms with van der Waals surface area (Å²) >= 11 is 5.78. The summed E-state index contributed by atoms with van der Waals surface area (Å²) < 4.78 is 5.46. The lowest BCUT2D eigenvalue weighted by Gasteiger charge is -2.06. The lowest BCUT2D eigenvalue weighted by Crippen LogP contribution is -1.99. The number of nitrogen functional groups attached to an aromatic ring is 1. The molecule has 0 aliphatic rings. The van der Waals surface area contributed by atoms with E-state index in [4.69, 9.17) is 22.1 Å². The van der Waals surface area contributed by atoms with E-state index in [-0.39, 0.29) is 0 Å². The van der Waals surface area contributed by atoms with Crippen molar-refractivity contribution in [3.8, 4) is 0 Å². The molecule has 2 nitrogen and oxygen atoms in total. The van der Waals surface area contributed by atoms with Gasteiger partial charge in [0, 0.05) is 22.9 Å². The molecule has 0 aliphatic carbocycles. The van der Waals surface area contributed by atoms with E-state index in [1.807, 2.05) is 12.1 Å². The maximum Gasteiger partial charge on any atom is 0.0736 e. The highest BCUT2D eigenvalue weighted by molar-refractivity contribution is 6.30. The van der Waals surface area contributed by atoms with Crippen molar-refractivity contribution >= 4 is 17.3 Å². The second kappa shape index (κ2) is 5.89. The molecule has 0 radical (unpaired) electrons. The third-order valence-electron chi connectivity index (χ3n) is 2.01. The molecular formula is C11H16ClNO. The van der Waals surface area contributed by atoms with Crippen molar-refractivity contribution in [2.45, 2.75) is 26.4 Å². The van der Waals surface area contributed by atoms with Gasteiger partial charge in [0.05, 0.1) is 6.61 Å². The fourth-order valence-electron chi connectivity index (χ4n) is 1.13. The predicted octanol–water partition coefficient (Wildman–Crippen LogP) is 3.24. The van der Waals surface area contributed by atoms with Gasteiger partial charge in [-0.2, -0.15) is 0 Å². The van der Waals surface area contributed by atoms with E-state index in [1.165, 1.54) is 0 Å². The minimum absolute atomic E-state index is 0.572. The number of nitrogens with two attached hydrogens (primary N) is 1. The smallest absolute Gasteiger partial charge is 0.0736 e. The molecule has 3 heteroatoms. The zero-order chi connectivity index (χ0) is 10.4. The van der Waals surface area contributed by atoms with Crippen molar-refractivity contribution in [3.05, 3.63) is 28.8 Å². The molecule has 0 saturated carbocycles. The summed E-state index contributed by atoms with van der Waals surface area (Å²) in [4.78, 5) is 0. The number of ether oxygens (including phenoxy) is 1. The van der Waals surface area contributed by atoms with Crippen molar-refractivity contribution in [1.82, 2.24) is 0 Å². The summed E-state index contributed by atoms with van der Waals surface area (Å²) in [6.45, 7) is 3.50. The minimum atomic E-state index is 0.572. The van der Waals surface area contributed by atoms with E-state index < -0.39 is 0 Å². The summed E-state index contributed by atoms with van der Waals surface area (Å²) in [6.07, 6.45) is 2.24. The van der Waals surface area contributed by atoms with Gasteiger partial charge in [0.2, 0.25) is 0 Å². The fraction of sp³-hybridized carbons (Fsp3) is 0.455. The maximum absolute atomic E-state index is 5.78. The largest absolute Gasteiger partial charge is 0.398 e. The Morgan fingerprint density at radius 2 is 2.21 bits per heavy atom. The van der Waals surface area contributed by atoms with Gasteiger partial charge in [-0.3, -0.25) is 0 Å². The molecule has 1 aromatic rings. The average Bonchev–Trinajstić information content (AvgIpc) is 2.15. The van der Waals surface area contributed by atoms with Crippen LogP contribution in [0.15, 0.2) is 18.2 Å². The van der Waals surface area contributed by atoms with Crippen LogP contribution in [0.25, 0.3) is 0 Å². The van der Waals surface area contributed by atoms with E-state index in [0.717, 1.165) is 25.0 Å². The summed E-state index contributed by atoms with van der Waals surface area (Å²) in [5, 5.41) is 0.666. The summed E-state index contributed by atoms with van der Waals surface area (Å²) in [7, 11) is 0. The molecule has 0 saturated heterocycles. The number of hydrogen-bond donors (Lipinski definition) is 1. The Labute approximate surface area is 90.0 Å². The molecule has 78 valence electrons. The van der Waals surface area contributed by atoms with Gasteiger partial charge in [0.1, 0.15) is 0 Å². The third-order valence-corrected chi connectivity index (χ3v) is 2.24. The highest BCUT2D eigenvalue weighted by atomic mass is 35.5. The summed E-state index contributed by atoms with van der Waals surface area (Å²) in [6, 6.07) is 5.49. The van der Waals surface area contributed by atoms with E-state index in [1.54, 1.807) is 6.07 Å². The molecular weight excluding hydrogens is 198 g/mol. The fourth-order valence-corrected chi connectivity index (χ4v) is 1.31. The van der Waals surface area contributed by atoms with Crippen LogP contribution in [0.1, 0.15) is 25.3 Å².